The van der Waals surface area contributed by atoms with Gasteiger partial charge in [-0.25, -0.2) is 0 Å². The monoisotopic (exact) mass is 141 g/mol. The average molecular weight is 141 g/mol. The Balaban J connectivity index is 0.000001000. The quantitative estimate of drug-likeness (QED) is 0.439. The largest absolute Gasteiger partial charge is 1.00 e. The van der Waals surface area contributed by atoms with Crippen LogP contribution in [0.25, 0.3) is 0 Å². The molecule has 0 spiro atoms. The zero-order chi connectivity index (χ0) is 7.61. The van der Waals surface area contributed by atoms with Gasteiger partial charge in [-0.2, -0.15) is 25.9 Å². The Morgan fingerprint density at radius 3 is 2.18 bits per heavy atom. The second-order valence-corrected chi connectivity index (χ2v) is 3.88. The average Bonchev–Trinajstić information content (AvgIpc) is 1.88. The van der Waals surface area contributed by atoms with Crippen LogP contribution in [0.4, 0.5) is 0 Å². The van der Waals surface area contributed by atoms with Crippen molar-refractivity contribution in [1.29, 1.82) is 0 Å². The predicted molar refractivity (Wildman–Crippen MR) is 47.2 cm³/mol. The van der Waals surface area contributed by atoms with Crippen molar-refractivity contribution in [3.8, 4) is 0 Å². The Morgan fingerprint density at radius 1 is 1.27 bits per heavy atom. The first-order chi connectivity index (χ1) is 4.61. The van der Waals surface area contributed by atoms with Crippen LogP contribution >= 0.6 is 0 Å². The van der Waals surface area contributed by atoms with E-state index in [0.29, 0.717) is 0 Å². The molecule has 0 unspecified atom stereocenters. The summed E-state index contributed by atoms with van der Waals surface area (Å²) in [6, 6.07) is 4.12. The van der Waals surface area contributed by atoms with E-state index >= 15 is 0 Å². The van der Waals surface area contributed by atoms with Crippen LogP contribution in [0.15, 0.2) is 24.5 Å². The van der Waals surface area contributed by atoms with Crippen molar-refractivity contribution in [2.75, 3.05) is 0 Å². The molecule has 0 atom stereocenters. The molecule has 0 aliphatic heterocycles. The van der Waals surface area contributed by atoms with Gasteiger partial charge in [0, 0.05) is 12.3 Å². The summed E-state index contributed by atoms with van der Waals surface area (Å²) >= 11 is 0. The molecule has 3 heteroatoms. The van der Waals surface area contributed by atoms with Gasteiger partial charge >= 0.3 is 18.9 Å². The molecular formula is C8H13BLiN. The third kappa shape index (κ3) is 3.14. The molecule has 1 nitrogen and oxygen atoms in total. The van der Waals surface area contributed by atoms with Crippen molar-refractivity contribution in [1.82, 2.24) is 4.98 Å². The first-order valence-corrected chi connectivity index (χ1v) is 3.78. The van der Waals surface area contributed by atoms with Gasteiger partial charge in [0.15, 0.2) is 0 Å². The molecule has 0 saturated carbocycles. The number of hydrogen-bond donors (Lipinski definition) is 0. The van der Waals surface area contributed by atoms with E-state index in [1.807, 2.05) is 18.5 Å². The summed E-state index contributed by atoms with van der Waals surface area (Å²) in [6.07, 6.45) is 3.39. The van der Waals surface area contributed by atoms with Gasteiger partial charge in [-0.05, 0) is 12.3 Å². The molecule has 0 amide bonds. The Kier molecular flexibility index (Phi) is 3.93. The molecule has 0 N–H and O–H groups in total. The topological polar surface area (TPSA) is 12.9 Å². The maximum Gasteiger partial charge on any atom is 1.00 e. The molecule has 0 aliphatic carbocycles. The molecule has 1 aromatic rings. The summed E-state index contributed by atoms with van der Waals surface area (Å²) < 4.78 is 0. The van der Waals surface area contributed by atoms with E-state index in [4.69, 9.17) is 0 Å². The minimum absolute atomic E-state index is 0. The molecule has 0 radical (unpaired) electrons. The van der Waals surface area contributed by atoms with E-state index in [9.17, 15) is 0 Å². The fourth-order valence-electron chi connectivity index (χ4n) is 0.888. The van der Waals surface area contributed by atoms with Gasteiger partial charge in [-0.1, -0.05) is 6.07 Å². The zero-order valence-corrected chi connectivity index (χ0v) is 7.83. The molecule has 1 heterocycles. The van der Waals surface area contributed by atoms with Crippen LogP contribution in [0.3, 0.4) is 0 Å². The molecule has 0 aromatic carbocycles. The van der Waals surface area contributed by atoms with Gasteiger partial charge in [0.25, 0.3) is 0 Å². The second kappa shape index (κ2) is 3.99. The summed E-state index contributed by atoms with van der Waals surface area (Å²) in [5.41, 5.74) is 1.35. The van der Waals surface area contributed by atoms with Crippen LogP contribution < -0.4 is 24.3 Å². The van der Waals surface area contributed by atoms with Crippen LogP contribution in [-0.2, 0) is 0 Å². The molecular weight excluding hydrogens is 128 g/mol. The van der Waals surface area contributed by atoms with Crippen molar-refractivity contribution in [2.45, 2.75) is 20.5 Å². The van der Waals surface area contributed by atoms with Crippen LogP contribution in [-0.4, -0.2) is 11.1 Å². The minimum atomic E-state index is -0.366. The standard InChI is InChI=1S/C8H13BN.Li/c1-9(2,3)8-5-4-6-10-7-8;/h4-7H,1-3H3;/q-1;+1. The normalized spacial score (nSPS) is 10.5. The van der Waals surface area contributed by atoms with E-state index < -0.39 is 0 Å². The number of aromatic nitrogens is 1. The van der Waals surface area contributed by atoms with E-state index in [-0.39, 0.29) is 25.0 Å². The fourth-order valence-corrected chi connectivity index (χ4v) is 0.888. The van der Waals surface area contributed by atoms with Crippen molar-refractivity contribution in [2.24, 2.45) is 0 Å². The Hall–Kier alpha value is -0.188. The third-order valence-corrected chi connectivity index (χ3v) is 1.68. The first-order valence-electron chi connectivity index (χ1n) is 3.78. The van der Waals surface area contributed by atoms with Crippen molar-refractivity contribution in [3.63, 3.8) is 0 Å². The van der Waals surface area contributed by atoms with Gasteiger partial charge in [0.2, 0.25) is 0 Å². The summed E-state index contributed by atoms with van der Waals surface area (Å²) in [4.78, 5) is 4.07. The number of hydrogen-bond acceptors (Lipinski definition) is 1. The molecule has 54 valence electrons. The minimum Gasteiger partial charge on any atom is -0.268 e. The summed E-state index contributed by atoms with van der Waals surface area (Å²) in [5, 5.41) is 0. The fraction of sp³-hybridized carbons (Fsp3) is 0.375. The van der Waals surface area contributed by atoms with Crippen LogP contribution in [0.1, 0.15) is 0 Å². The number of rotatable bonds is 1. The molecule has 1 rings (SSSR count). The molecule has 0 saturated heterocycles. The first kappa shape index (κ1) is 10.8. The van der Waals surface area contributed by atoms with Gasteiger partial charge < -0.3 is 0 Å². The van der Waals surface area contributed by atoms with E-state index in [2.05, 4.69) is 31.5 Å². The maximum atomic E-state index is 4.07. The van der Waals surface area contributed by atoms with Crippen molar-refractivity contribution >= 4 is 11.6 Å². The van der Waals surface area contributed by atoms with Crippen LogP contribution in [0.2, 0.25) is 20.5 Å². The van der Waals surface area contributed by atoms with E-state index in [1.165, 1.54) is 5.46 Å². The summed E-state index contributed by atoms with van der Waals surface area (Å²) in [5.74, 6) is 0. The molecule has 0 fully saturated rings. The van der Waals surface area contributed by atoms with Gasteiger partial charge in [-0.15, -0.1) is 0 Å². The Labute approximate surface area is 80.7 Å². The van der Waals surface area contributed by atoms with Gasteiger partial charge in [0.05, 0.1) is 0 Å². The third-order valence-electron chi connectivity index (χ3n) is 1.68. The predicted octanol–water partition coefficient (Wildman–Crippen LogP) is -1.37. The molecule has 0 aliphatic rings. The number of pyridine rings is 1. The van der Waals surface area contributed by atoms with Gasteiger partial charge in [-0.3, -0.25) is 4.98 Å². The zero-order valence-electron chi connectivity index (χ0n) is 7.83. The maximum absolute atomic E-state index is 4.07. The van der Waals surface area contributed by atoms with Crippen molar-refractivity contribution < 1.29 is 18.9 Å². The molecule has 1 aromatic heterocycles. The van der Waals surface area contributed by atoms with E-state index in [0.717, 1.165) is 0 Å². The Bertz CT molecular complexity index is 205. The Morgan fingerprint density at radius 2 is 1.91 bits per heavy atom. The smallest absolute Gasteiger partial charge is 0.268 e. The second-order valence-electron chi connectivity index (χ2n) is 3.88. The summed E-state index contributed by atoms with van der Waals surface area (Å²) in [7, 11) is 0. The molecule has 11 heavy (non-hydrogen) atoms. The van der Waals surface area contributed by atoms with E-state index in [1.54, 1.807) is 0 Å². The van der Waals surface area contributed by atoms with Crippen LogP contribution in [0, 0.1) is 0 Å². The molecule has 0 bridgehead atoms. The number of nitrogens with zero attached hydrogens (tertiary/aromatic N) is 1. The van der Waals surface area contributed by atoms with Gasteiger partial charge in [0.1, 0.15) is 0 Å². The SMILES string of the molecule is C[B-](C)(C)c1cccnc1.[Li+]. The summed E-state index contributed by atoms with van der Waals surface area (Å²) in [6.45, 7) is 6.74. The van der Waals surface area contributed by atoms with Crippen molar-refractivity contribution in [3.05, 3.63) is 24.5 Å². The van der Waals surface area contributed by atoms with Crippen LogP contribution in [0.5, 0.6) is 0 Å².